The zero-order valence-electron chi connectivity index (χ0n) is 8.48. The molecule has 1 unspecified atom stereocenters. The molecule has 15 heavy (non-hydrogen) atoms. The molecule has 2 nitrogen and oxygen atoms in total. The SMILES string of the molecule is Cc1c(Cl)cc(F)c(O)c1C1CCCN1. The van der Waals surface area contributed by atoms with Gasteiger partial charge in [-0.25, -0.2) is 4.39 Å². The van der Waals surface area contributed by atoms with Crippen LogP contribution in [0, 0.1) is 12.7 Å². The summed E-state index contributed by atoms with van der Waals surface area (Å²) >= 11 is 5.89. The lowest BCUT2D eigenvalue weighted by atomic mass is 9.98. The van der Waals surface area contributed by atoms with Crippen LogP contribution < -0.4 is 5.32 Å². The zero-order chi connectivity index (χ0) is 11.0. The second-order valence-electron chi connectivity index (χ2n) is 3.88. The summed E-state index contributed by atoms with van der Waals surface area (Å²) in [6, 6.07) is 1.18. The fraction of sp³-hybridized carbons (Fsp3) is 0.455. The summed E-state index contributed by atoms with van der Waals surface area (Å²) < 4.78 is 13.3. The molecule has 1 aromatic rings. The highest BCUT2D eigenvalue weighted by Gasteiger charge is 2.24. The van der Waals surface area contributed by atoms with Crippen molar-refractivity contribution in [1.82, 2.24) is 5.32 Å². The van der Waals surface area contributed by atoms with Crippen molar-refractivity contribution in [3.63, 3.8) is 0 Å². The molecule has 2 rings (SSSR count). The first-order valence-electron chi connectivity index (χ1n) is 5.02. The third-order valence-corrected chi connectivity index (χ3v) is 3.30. The third kappa shape index (κ3) is 1.82. The molecule has 82 valence electrons. The Morgan fingerprint density at radius 2 is 2.33 bits per heavy atom. The maximum absolute atomic E-state index is 13.3. The number of rotatable bonds is 1. The van der Waals surface area contributed by atoms with E-state index in [1.54, 1.807) is 6.92 Å². The number of nitrogens with one attached hydrogen (secondary N) is 1. The molecular weight excluding hydrogens is 217 g/mol. The molecule has 4 heteroatoms. The van der Waals surface area contributed by atoms with Gasteiger partial charge in [-0.1, -0.05) is 11.6 Å². The first kappa shape index (κ1) is 10.7. The zero-order valence-corrected chi connectivity index (χ0v) is 9.24. The number of phenols is 1. The summed E-state index contributed by atoms with van der Waals surface area (Å²) in [5, 5.41) is 13.3. The van der Waals surface area contributed by atoms with Crippen molar-refractivity contribution in [3.8, 4) is 5.75 Å². The first-order chi connectivity index (χ1) is 7.11. The fourth-order valence-corrected chi connectivity index (χ4v) is 2.28. The van der Waals surface area contributed by atoms with Crippen molar-refractivity contribution in [3.05, 3.63) is 28.0 Å². The van der Waals surface area contributed by atoms with Crippen molar-refractivity contribution >= 4 is 11.6 Å². The number of aromatic hydroxyl groups is 1. The van der Waals surface area contributed by atoms with E-state index >= 15 is 0 Å². The van der Waals surface area contributed by atoms with E-state index in [2.05, 4.69) is 5.32 Å². The van der Waals surface area contributed by atoms with E-state index in [1.807, 2.05) is 0 Å². The van der Waals surface area contributed by atoms with Crippen LogP contribution >= 0.6 is 11.6 Å². The molecule has 1 saturated heterocycles. The summed E-state index contributed by atoms with van der Waals surface area (Å²) in [4.78, 5) is 0. The van der Waals surface area contributed by atoms with Gasteiger partial charge in [-0.15, -0.1) is 0 Å². The van der Waals surface area contributed by atoms with Gasteiger partial charge >= 0.3 is 0 Å². The molecule has 0 saturated carbocycles. The van der Waals surface area contributed by atoms with Gasteiger partial charge < -0.3 is 10.4 Å². The summed E-state index contributed by atoms with van der Waals surface area (Å²) in [5.41, 5.74) is 1.37. The van der Waals surface area contributed by atoms with Crippen molar-refractivity contribution in [2.24, 2.45) is 0 Å². The van der Waals surface area contributed by atoms with Gasteiger partial charge in [-0.3, -0.25) is 0 Å². The normalized spacial score (nSPS) is 20.9. The lowest BCUT2D eigenvalue weighted by Gasteiger charge is -2.17. The number of hydrogen-bond acceptors (Lipinski definition) is 2. The minimum Gasteiger partial charge on any atom is -0.505 e. The summed E-state index contributed by atoms with van der Waals surface area (Å²) in [5.74, 6) is -0.911. The smallest absolute Gasteiger partial charge is 0.166 e. The van der Waals surface area contributed by atoms with E-state index in [-0.39, 0.29) is 11.8 Å². The molecule has 1 fully saturated rings. The molecule has 1 atom stereocenters. The molecule has 1 aliphatic rings. The Balaban J connectivity index is 2.52. The number of hydrogen-bond donors (Lipinski definition) is 2. The van der Waals surface area contributed by atoms with Crippen molar-refractivity contribution in [2.75, 3.05) is 6.54 Å². The van der Waals surface area contributed by atoms with Gasteiger partial charge in [0.1, 0.15) is 0 Å². The van der Waals surface area contributed by atoms with Crippen LogP contribution in [0.15, 0.2) is 6.07 Å². The summed E-state index contributed by atoms with van der Waals surface area (Å²) in [6.07, 6.45) is 1.95. The minimum atomic E-state index is -0.644. The average Bonchev–Trinajstić information content (AvgIpc) is 2.69. The highest BCUT2D eigenvalue weighted by Crippen LogP contribution is 2.37. The van der Waals surface area contributed by atoms with E-state index in [0.717, 1.165) is 31.0 Å². The van der Waals surface area contributed by atoms with E-state index in [9.17, 15) is 9.50 Å². The fourth-order valence-electron chi connectivity index (χ4n) is 2.08. The Morgan fingerprint density at radius 1 is 1.60 bits per heavy atom. The lowest BCUT2D eigenvalue weighted by Crippen LogP contribution is -2.14. The maximum Gasteiger partial charge on any atom is 0.166 e. The van der Waals surface area contributed by atoms with Crippen LogP contribution in [0.1, 0.15) is 30.0 Å². The highest BCUT2D eigenvalue weighted by molar-refractivity contribution is 6.31. The third-order valence-electron chi connectivity index (χ3n) is 2.91. The Kier molecular flexibility index (Phi) is 2.85. The van der Waals surface area contributed by atoms with Crippen LogP contribution in [-0.4, -0.2) is 11.7 Å². The molecule has 0 aromatic heterocycles. The second kappa shape index (κ2) is 3.99. The van der Waals surface area contributed by atoms with E-state index < -0.39 is 5.82 Å². The van der Waals surface area contributed by atoms with E-state index in [1.165, 1.54) is 0 Å². The predicted octanol–water partition coefficient (Wildman–Crippen LogP) is 2.92. The summed E-state index contributed by atoms with van der Waals surface area (Å²) in [7, 11) is 0. The molecule has 0 radical (unpaired) electrons. The van der Waals surface area contributed by atoms with Gasteiger partial charge in [-0.2, -0.15) is 0 Å². The van der Waals surface area contributed by atoms with Gasteiger partial charge in [0.25, 0.3) is 0 Å². The van der Waals surface area contributed by atoms with Crippen LogP contribution in [0.25, 0.3) is 0 Å². The quantitative estimate of drug-likeness (QED) is 0.776. The number of halogens is 2. The Labute approximate surface area is 93.1 Å². The molecule has 0 amide bonds. The topological polar surface area (TPSA) is 32.3 Å². The molecule has 2 N–H and O–H groups in total. The lowest BCUT2D eigenvalue weighted by molar-refractivity contribution is 0.416. The Morgan fingerprint density at radius 3 is 2.93 bits per heavy atom. The predicted molar refractivity (Wildman–Crippen MR) is 57.8 cm³/mol. The van der Waals surface area contributed by atoms with E-state index in [0.29, 0.717) is 10.6 Å². The molecule has 1 heterocycles. The Hall–Kier alpha value is -0.800. The molecule has 0 bridgehead atoms. The largest absolute Gasteiger partial charge is 0.505 e. The molecule has 0 aliphatic carbocycles. The van der Waals surface area contributed by atoms with Crippen LogP contribution in [0.3, 0.4) is 0 Å². The maximum atomic E-state index is 13.3. The van der Waals surface area contributed by atoms with Gasteiger partial charge in [0.05, 0.1) is 0 Å². The van der Waals surface area contributed by atoms with Crippen molar-refractivity contribution < 1.29 is 9.50 Å². The molecule has 1 aromatic carbocycles. The van der Waals surface area contributed by atoms with Gasteiger partial charge in [0, 0.05) is 16.6 Å². The van der Waals surface area contributed by atoms with Crippen LogP contribution in [0.5, 0.6) is 5.75 Å². The van der Waals surface area contributed by atoms with Crippen molar-refractivity contribution in [1.29, 1.82) is 0 Å². The van der Waals surface area contributed by atoms with Crippen LogP contribution in [0.2, 0.25) is 5.02 Å². The van der Waals surface area contributed by atoms with Crippen LogP contribution in [0.4, 0.5) is 4.39 Å². The highest BCUT2D eigenvalue weighted by atomic mass is 35.5. The average molecular weight is 230 g/mol. The van der Waals surface area contributed by atoms with E-state index in [4.69, 9.17) is 11.6 Å². The second-order valence-corrected chi connectivity index (χ2v) is 4.28. The van der Waals surface area contributed by atoms with Crippen molar-refractivity contribution in [2.45, 2.75) is 25.8 Å². The molecule has 0 spiro atoms. The number of phenolic OH excluding ortho intramolecular Hbond substituents is 1. The summed E-state index contributed by atoms with van der Waals surface area (Å²) in [6.45, 7) is 2.70. The van der Waals surface area contributed by atoms with Crippen LogP contribution in [-0.2, 0) is 0 Å². The molecule has 1 aliphatic heterocycles. The van der Waals surface area contributed by atoms with Gasteiger partial charge in [0.2, 0.25) is 0 Å². The van der Waals surface area contributed by atoms with Gasteiger partial charge in [0.15, 0.2) is 11.6 Å². The number of benzene rings is 1. The van der Waals surface area contributed by atoms with Gasteiger partial charge in [-0.05, 0) is 37.9 Å². The Bertz CT molecular complexity index is 362. The first-order valence-corrected chi connectivity index (χ1v) is 5.40. The standard InChI is InChI=1S/C11H13ClFNO/c1-6-7(12)5-8(13)11(15)10(6)9-3-2-4-14-9/h5,9,14-15H,2-4H2,1H3. The molecular formula is C11H13ClFNO. The minimum absolute atomic E-state index is 0.0261. The monoisotopic (exact) mass is 229 g/mol.